The fraction of sp³-hybridized carbons (Fsp3) is 0.727. The van der Waals surface area contributed by atoms with Gasteiger partial charge in [0.2, 0.25) is 11.8 Å². The van der Waals surface area contributed by atoms with Crippen LogP contribution in [0.25, 0.3) is 0 Å². The molecule has 0 aliphatic carbocycles. The fourth-order valence-electron chi connectivity index (χ4n) is 5.91. The van der Waals surface area contributed by atoms with Crippen molar-refractivity contribution in [1.29, 1.82) is 5.41 Å². The molecule has 7 atom stereocenters. The van der Waals surface area contributed by atoms with E-state index in [-0.39, 0.29) is 52.8 Å². The molecule has 34 heavy (non-hydrogen) atoms. The van der Waals surface area contributed by atoms with E-state index in [1.54, 1.807) is 11.8 Å². The van der Waals surface area contributed by atoms with Crippen molar-refractivity contribution in [2.45, 2.75) is 56.7 Å². The number of thioether (sulfide) groups is 1. The zero-order valence-electron chi connectivity index (χ0n) is 20.0. The molecule has 3 saturated heterocycles. The van der Waals surface area contributed by atoms with Crippen LogP contribution in [-0.4, -0.2) is 116 Å². The first kappa shape index (κ1) is 24.8. The second-order valence-electron chi connectivity index (χ2n) is 9.91. The molecular formula is C22H34N6O5S. The normalized spacial score (nSPS) is 34.9. The number of carboxylic acids is 1. The first-order valence-corrected chi connectivity index (χ1v) is 12.6. The molecule has 4 rings (SSSR count). The molecule has 0 bridgehead atoms. The molecule has 0 unspecified atom stereocenters. The van der Waals surface area contributed by atoms with Crippen molar-refractivity contribution in [2.24, 2.45) is 17.6 Å². The van der Waals surface area contributed by atoms with Crippen LogP contribution >= 0.6 is 11.8 Å². The molecule has 0 spiro atoms. The smallest absolute Gasteiger partial charge is 0.353 e. The summed E-state index contributed by atoms with van der Waals surface area (Å²) in [4.78, 5) is 45.6. The average molecular weight is 495 g/mol. The number of likely N-dealkylation sites (N-methyl/N-ethyl adjacent to an activating group) is 1. The van der Waals surface area contributed by atoms with Crippen LogP contribution in [0, 0.1) is 17.2 Å². The summed E-state index contributed by atoms with van der Waals surface area (Å²) in [6.45, 7) is 7.60. The number of amides is 2. The van der Waals surface area contributed by atoms with E-state index >= 15 is 0 Å². The molecule has 4 aliphatic rings. The lowest BCUT2D eigenvalue weighted by Gasteiger charge is -2.46. The van der Waals surface area contributed by atoms with Gasteiger partial charge in [-0.2, -0.15) is 0 Å². The second kappa shape index (κ2) is 9.04. The van der Waals surface area contributed by atoms with E-state index in [0.717, 1.165) is 0 Å². The summed E-state index contributed by atoms with van der Waals surface area (Å²) < 4.78 is 0. The summed E-state index contributed by atoms with van der Waals surface area (Å²) in [5, 5.41) is 27.6. The van der Waals surface area contributed by atoms with Gasteiger partial charge in [0.1, 0.15) is 5.70 Å². The minimum absolute atomic E-state index is 0.0143. The third-order valence-corrected chi connectivity index (χ3v) is 9.14. The van der Waals surface area contributed by atoms with Crippen molar-refractivity contribution in [3.05, 3.63) is 10.6 Å². The molecule has 0 aromatic heterocycles. The van der Waals surface area contributed by atoms with Crippen molar-refractivity contribution in [3.63, 3.8) is 0 Å². The van der Waals surface area contributed by atoms with E-state index < -0.39 is 18.0 Å². The minimum Gasteiger partial charge on any atom is -0.477 e. The Morgan fingerprint density at radius 2 is 1.91 bits per heavy atom. The van der Waals surface area contributed by atoms with Crippen molar-refractivity contribution in [2.75, 3.05) is 33.2 Å². The van der Waals surface area contributed by atoms with Gasteiger partial charge in [0.15, 0.2) is 5.96 Å². The van der Waals surface area contributed by atoms with E-state index in [4.69, 9.17) is 11.1 Å². The van der Waals surface area contributed by atoms with Crippen LogP contribution in [0.2, 0.25) is 0 Å². The first-order chi connectivity index (χ1) is 15.9. The van der Waals surface area contributed by atoms with Gasteiger partial charge in [-0.3, -0.25) is 19.9 Å². The Labute approximate surface area is 203 Å². The van der Waals surface area contributed by atoms with E-state index in [9.17, 15) is 24.6 Å². The topological polar surface area (TPSA) is 154 Å². The third-order valence-electron chi connectivity index (χ3n) is 7.65. The zero-order valence-corrected chi connectivity index (χ0v) is 20.8. The van der Waals surface area contributed by atoms with Crippen LogP contribution in [-0.2, 0) is 14.4 Å². The molecule has 0 aromatic carbocycles. The maximum absolute atomic E-state index is 13.3. The molecule has 12 heteroatoms. The largest absolute Gasteiger partial charge is 0.477 e. The molecule has 11 nitrogen and oxygen atoms in total. The molecule has 3 fully saturated rings. The van der Waals surface area contributed by atoms with Gasteiger partial charge in [0.05, 0.1) is 24.1 Å². The predicted molar refractivity (Wildman–Crippen MR) is 127 cm³/mol. The maximum Gasteiger partial charge on any atom is 0.353 e. The summed E-state index contributed by atoms with van der Waals surface area (Å²) in [5.41, 5.74) is 5.65. The quantitative estimate of drug-likeness (QED) is 0.222. The Hall–Kier alpha value is -2.31. The van der Waals surface area contributed by atoms with Crippen molar-refractivity contribution < 1.29 is 24.6 Å². The number of β-lactam (4-membered cyclic amide) rings is 1. The molecule has 2 amide bonds. The number of aliphatic hydroxyl groups is 1. The molecule has 0 aromatic rings. The van der Waals surface area contributed by atoms with Gasteiger partial charge in [0.25, 0.3) is 0 Å². The first-order valence-electron chi connectivity index (χ1n) is 11.7. The van der Waals surface area contributed by atoms with Gasteiger partial charge in [-0.05, 0) is 27.3 Å². The highest BCUT2D eigenvalue weighted by Crippen LogP contribution is 2.52. The van der Waals surface area contributed by atoms with Gasteiger partial charge in [-0.15, -0.1) is 11.8 Å². The molecule has 188 valence electrons. The minimum atomic E-state index is -1.13. The van der Waals surface area contributed by atoms with Crippen LogP contribution in [0.4, 0.5) is 0 Å². The lowest BCUT2D eigenvalue weighted by Crippen LogP contribution is -2.63. The summed E-state index contributed by atoms with van der Waals surface area (Å²) >= 11 is 1.46. The summed E-state index contributed by atoms with van der Waals surface area (Å²) in [7, 11) is 1.91. The predicted octanol–water partition coefficient (Wildman–Crippen LogP) is -0.628. The highest BCUT2D eigenvalue weighted by Gasteiger charge is 2.60. The number of piperazine rings is 1. The number of carboxylic acid groups (broad SMARTS) is 1. The number of rotatable bonds is 5. The molecular weight excluding hydrogens is 460 g/mol. The number of nitrogens with zero attached hydrogens (tertiary/aromatic N) is 4. The number of fused-ring (bicyclic) bond motifs is 1. The highest BCUT2D eigenvalue weighted by molar-refractivity contribution is 8.03. The third kappa shape index (κ3) is 3.95. The standard InChI is InChI=1S/C22H34N6O5S/c1-10-8-26(5-6-27(10)22(23)24)19(30)14-7-13(9-25(14)4)34-18-11(2)16-15(12(3)29)20(31)28(16)17(18)21(32)33/h10-16,29H,5-9H2,1-4H3,(H3,23,24)(H,32,33)/t10-,11-,12-,13+,14+,15-,16-/m1/s1. The molecule has 0 radical (unpaired) electrons. The van der Waals surface area contributed by atoms with E-state index in [1.165, 1.54) is 16.7 Å². The van der Waals surface area contributed by atoms with E-state index in [0.29, 0.717) is 37.5 Å². The highest BCUT2D eigenvalue weighted by atomic mass is 32.2. The van der Waals surface area contributed by atoms with Gasteiger partial charge in [-0.25, -0.2) is 4.79 Å². The number of carbonyl (C=O) groups is 3. The summed E-state index contributed by atoms with van der Waals surface area (Å²) in [6.07, 6.45) is -0.246. The monoisotopic (exact) mass is 494 g/mol. The summed E-state index contributed by atoms with van der Waals surface area (Å²) in [5.74, 6) is -2.18. The Kier molecular flexibility index (Phi) is 6.60. The number of carbonyl (C=O) groups excluding carboxylic acids is 2. The second-order valence-corrected chi connectivity index (χ2v) is 11.3. The average Bonchev–Trinajstić information content (AvgIpc) is 3.22. The Morgan fingerprint density at radius 1 is 1.24 bits per heavy atom. The molecule has 4 aliphatic heterocycles. The van der Waals surface area contributed by atoms with Crippen LogP contribution in [0.1, 0.15) is 27.2 Å². The lowest BCUT2D eigenvalue weighted by molar-refractivity contribution is -0.163. The number of aliphatic carboxylic acids is 1. The van der Waals surface area contributed by atoms with Gasteiger partial charge < -0.3 is 30.6 Å². The number of hydrogen-bond acceptors (Lipinski definition) is 7. The number of hydrogen-bond donors (Lipinski definition) is 4. The van der Waals surface area contributed by atoms with E-state index in [2.05, 4.69) is 0 Å². The van der Waals surface area contributed by atoms with Crippen LogP contribution in [0.5, 0.6) is 0 Å². The van der Waals surface area contributed by atoms with Crippen molar-refractivity contribution >= 4 is 35.5 Å². The number of nitrogens with two attached hydrogens (primary N) is 1. The lowest BCUT2D eigenvalue weighted by atomic mass is 9.79. The summed E-state index contributed by atoms with van der Waals surface area (Å²) in [6, 6.07) is -0.668. The number of guanidine groups is 1. The van der Waals surface area contributed by atoms with Crippen molar-refractivity contribution in [3.8, 4) is 0 Å². The maximum atomic E-state index is 13.3. The van der Waals surface area contributed by atoms with Gasteiger partial charge >= 0.3 is 5.97 Å². The van der Waals surface area contributed by atoms with Gasteiger partial charge in [-0.1, -0.05) is 6.92 Å². The van der Waals surface area contributed by atoms with Crippen LogP contribution in [0.15, 0.2) is 10.6 Å². The van der Waals surface area contributed by atoms with Crippen molar-refractivity contribution in [1.82, 2.24) is 19.6 Å². The Morgan fingerprint density at radius 3 is 2.47 bits per heavy atom. The number of nitrogens with one attached hydrogen (secondary N) is 1. The molecule has 5 N–H and O–H groups in total. The number of likely N-dealkylation sites (tertiary alicyclic amines) is 1. The molecule has 0 saturated carbocycles. The van der Waals surface area contributed by atoms with Crippen LogP contribution < -0.4 is 5.73 Å². The number of aliphatic hydroxyl groups excluding tert-OH is 1. The van der Waals surface area contributed by atoms with E-state index in [1.807, 2.05) is 30.7 Å². The zero-order chi connectivity index (χ0) is 25.1. The Bertz CT molecular complexity index is 941. The SMILES string of the molecule is C[C@@H]1CN(C(=O)[C@@H]2C[C@H](SC3=C(C(=O)O)N4C(=O)[C@H]([C@@H](C)O)[C@H]4[C@H]3C)CN2C)CCN1C(=N)N. The van der Waals surface area contributed by atoms with Gasteiger partial charge in [0, 0.05) is 48.3 Å². The Balaban J connectivity index is 1.45. The van der Waals surface area contributed by atoms with Crippen LogP contribution in [0.3, 0.4) is 0 Å². The fourth-order valence-corrected chi connectivity index (χ4v) is 7.51. The molecule has 4 heterocycles.